The fourth-order valence-electron chi connectivity index (χ4n) is 2.10. The van der Waals surface area contributed by atoms with Gasteiger partial charge in [-0.1, -0.05) is 11.6 Å². The molecule has 1 aromatic rings. The third kappa shape index (κ3) is 1.25. The number of carbonyl (C=O) groups is 1. The van der Waals surface area contributed by atoms with Gasteiger partial charge in [-0.05, 0) is 29.8 Å². The van der Waals surface area contributed by atoms with Crippen LogP contribution in [0.2, 0.25) is 5.15 Å². The van der Waals surface area contributed by atoms with Crippen molar-refractivity contribution < 1.29 is 4.79 Å². The number of piperidine rings is 1. The van der Waals surface area contributed by atoms with Crippen LogP contribution in [0.25, 0.3) is 0 Å². The van der Waals surface area contributed by atoms with E-state index in [0.29, 0.717) is 10.7 Å². The summed E-state index contributed by atoms with van der Waals surface area (Å²) in [6, 6.07) is 0. The smallest absolute Gasteiger partial charge is 0.257 e. The van der Waals surface area contributed by atoms with Gasteiger partial charge in [-0.2, -0.15) is 4.37 Å². The van der Waals surface area contributed by atoms with Gasteiger partial charge in [-0.3, -0.25) is 4.79 Å². The number of nitrogens with zero attached hydrogens (tertiary/aromatic N) is 2. The number of fused-ring (bicyclic) bond motifs is 1. The molecule has 3 nitrogen and oxygen atoms in total. The van der Waals surface area contributed by atoms with E-state index in [1.807, 2.05) is 4.90 Å². The van der Waals surface area contributed by atoms with Gasteiger partial charge in [0.25, 0.3) is 5.91 Å². The van der Waals surface area contributed by atoms with Crippen molar-refractivity contribution in [2.75, 3.05) is 13.1 Å². The Bertz CT molecular complexity index is 382. The molecule has 2 fully saturated rings. The van der Waals surface area contributed by atoms with Gasteiger partial charge in [0.05, 0.1) is 5.56 Å². The molecule has 2 unspecified atom stereocenters. The summed E-state index contributed by atoms with van der Waals surface area (Å²) in [6.07, 6.45) is 1.30. The Kier molecular flexibility index (Phi) is 1.82. The van der Waals surface area contributed by atoms with E-state index in [1.165, 1.54) is 18.0 Å². The van der Waals surface area contributed by atoms with Crippen LogP contribution in [0.15, 0.2) is 5.38 Å². The molecule has 0 bridgehead atoms. The van der Waals surface area contributed by atoms with E-state index in [2.05, 4.69) is 4.37 Å². The Hall–Kier alpha value is -0.610. The predicted octanol–water partition coefficient (Wildman–Crippen LogP) is 1.89. The largest absolute Gasteiger partial charge is 0.338 e. The summed E-state index contributed by atoms with van der Waals surface area (Å²) in [5, 5.41) is 2.08. The second-order valence-electron chi connectivity index (χ2n) is 3.99. The molecule has 0 aromatic carbocycles. The Morgan fingerprint density at radius 2 is 2.29 bits per heavy atom. The van der Waals surface area contributed by atoms with Gasteiger partial charge in [0.1, 0.15) is 0 Å². The van der Waals surface area contributed by atoms with Crippen LogP contribution in [0.5, 0.6) is 0 Å². The normalized spacial score (nSPS) is 29.1. The summed E-state index contributed by atoms with van der Waals surface area (Å²) >= 11 is 7.05. The molecule has 1 aliphatic carbocycles. The SMILES string of the molecule is O=C(c1csnc1Cl)N1CC2CC2C1. The van der Waals surface area contributed by atoms with Gasteiger partial charge < -0.3 is 4.90 Å². The minimum absolute atomic E-state index is 0.0518. The fraction of sp³-hybridized carbons (Fsp3) is 0.556. The highest BCUT2D eigenvalue weighted by Crippen LogP contribution is 2.45. The summed E-state index contributed by atoms with van der Waals surface area (Å²) in [7, 11) is 0. The molecule has 1 aliphatic heterocycles. The summed E-state index contributed by atoms with van der Waals surface area (Å²) < 4.78 is 3.90. The fourth-order valence-corrected chi connectivity index (χ4v) is 2.98. The second kappa shape index (κ2) is 2.94. The number of rotatable bonds is 1. The topological polar surface area (TPSA) is 33.2 Å². The lowest BCUT2D eigenvalue weighted by Gasteiger charge is -2.16. The Morgan fingerprint density at radius 3 is 2.86 bits per heavy atom. The number of carbonyl (C=O) groups excluding carboxylic acids is 1. The van der Waals surface area contributed by atoms with Crippen LogP contribution in [0.1, 0.15) is 16.8 Å². The average Bonchev–Trinajstić information content (AvgIpc) is 2.64. The van der Waals surface area contributed by atoms with Crippen molar-refractivity contribution in [1.82, 2.24) is 9.27 Å². The van der Waals surface area contributed by atoms with Crippen molar-refractivity contribution in [1.29, 1.82) is 0 Å². The molecule has 1 saturated carbocycles. The van der Waals surface area contributed by atoms with Crippen LogP contribution < -0.4 is 0 Å². The van der Waals surface area contributed by atoms with Gasteiger partial charge in [-0.25, -0.2) is 0 Å². The molecule has 3 rings (SSSR count). The molecule has 0 spiro atoms. The zero-order valence-corrected chi connectivity index (χ0v) is 9.01. The quantitative estimate of drug-likeness (QED) is 0.736. The van der Waals surface area contributed by atoms with Crippen molar-refractivity contribution in [2.45, 2.75) is 6.42 Å². The lowest BCUT2D eigenvalue weighted by Crippen LogP contribution is -2.30. The first-order valence-electron chi connectivity index (χ1n) is 4.65. The van der Waals surface area contributed by atoms with Crippen LogP contribution in [-0.4, -0.2) is 28.3 Å². The van der Waals surface area contributed by atoms with Gasteiger partial charge in [0.15, 0.2) is 5.15 Å². The van der Waals surface area contributed by atoms with E-state index in [1.54, 1.807) is 5.38 Å². The van der Waals surface area contributed by atoms with Crippen LogP contribution in [0, 0.1) is 11.8 Å². The van der Waals surface area contributed by atoms with Crippen LogP contribution in [-0.2, 0) is 0 Å². The van der Waals surface area contributed by atoms with E-state index in [9.17, 15) is 4.79 Å². The molecule has 0 N–H and O–H groups in total. The first kappa shape index (κ1) is 8.68. The molecule has 0 radical (unpaired) electrons. The number of amides is 1. The van der Waals surface area contributed by atoms with E-state index in [4.69, 9.17) is 11.6 Å². The molecule has 1 aromatic heterocycles. The van der Waals surface area contributed by atoms with E-state index in [0.717, 1.165) is 24.9 Å². The van der Waals surface area contributed by atoms with Crippen LogP contribution in [0.3, 0.4) is 0 Å². The average molecular weight is 229 g/mol. The van der Waals surface area contributed by atoms with E-state index in [-0.39, 0.29) is 5.91 Å². The summed E-state index contributed by atoms with van der Waals surface area (Å²) in [6.45, 7) is 1.82. The molecule has 74 valence electrons. The highest BCUT2D eigenvalue weighted by atomic mass is 35.5. The zero-order chi connectivity index (χ0) is 9.71. The summed E-state index contributed by atoms with van der Waals surface area (Å²) in [5.41, 5.74) is 0.568. The molecule has 2 atom stereocenters. The Labute approximate surface area is 90.8 Å². The van der Waals surface area contributed by atoms with Crippen molar-refractivity contribution in [3.8, 4) is 0 Å². The lowest BCUT2D eigenvalue weighted by molar-refractivity contribution is 0.0776. The van der Waals surface area contributed by atoms with Gasteiger partial charge in [0, 0.05) is 18.5 Å². The van der Waals surface area contributed by atoms with Crippen molar-refractivity contribution in [3.63, 3.8) is 0 Å². The molecule has 2 heterocycles. The first-order valence-corrected chi connectivity index (χ1v) is 5.86. The van der Waals surface area contributed by atoms with Gasteiger partial charge in [0.2, 0.25) is 0 Å². The standard InChI is InChI=1S/C9H9ClN2OS/c10-8-7(4-14-11-8)9(13)12-2-5-1-6(5)3-12/h4-6H,1-3H2. The Morgan fingerprint density at radius 1 is 1.57 bits per heavy atom. The van der Waals surface area contributed by atoms with Crippen LogP contribution in [0.4, 0.5) is 0 Å². The maximum atomic E-state index is 11.9. The molecular weight excluding hydrogens is 220 g/mol. The zero-order valence-electron chi connectivity index (χ0n) is 7.44. The number of hydrogen-bond acceptors (Lipinski definition) is 3. The van der Waals surface area contributed by atoms with Gasteiger partial charge >= 0.3 is 0 Å². The minimum Gasteiger partial charge on any atom is -0.338 e. The number of aromatic nitrogens is 1. The lowest BCUT2D eigenvalue weighted by atomic mass is 10.3. The monoisotopic (exact) mass is 228 g/mol. The van der Waals surface area contributed by atoms with Crippen molar-refractivity contribution in [3.05, 3.63) is 16.1 Å². The summed E-state index contributed by atoms with van der Waals surface area (Å²) in [4.78, 5) is 13.8. The maximum Gasteiger partial charge on any atom is 0.257 e. The predicted molar refractivity (Wildman–Crippen MR) is 54.6 cm³/mol. The molecule has 1 amide bonds. The summed E-state index contributed by atoms with van der Waals surface area (Å²) in [5.74, 6) is 1.59. The highest BCUT2D eigenvalue weighted by molar-refractivity contribution is 7.04. The third-order valence-electron chi connectivity index (χ3n) is 3.02. The van der Waals surface area contributed by atoms with Crippen molar-refractivity contribution in [2.24, 2.45) is 11.8 Å². The molecule has 5 heteroatoms. The number of hydrogen-bond donors (Lipinski definition) is 0. The third-order valence-corrected chi connectivity index (χ3v) is 4.04. The van der Waals surface area contributed by atoms with Crippen LogP contribution >= 0.6 is 23.1 Å². The minimum atomic E-state index is 0.0518. The number of likely N-dealkylation sites (tertiary alicyclic amines) is 1. The molecule has 14 heavy (non-hydrogen) atoms. The van der Waals surface area contributed by atoms with E-state index < -0.39 is 0 Å². The Balaban J connectivity index is 1.79. The van der Waals surface area contributed by atoms with E-state index >= 15 is 0 Å². The first-order chi connectivity index (χ1) is 6.75. The second-order valence-corrected chi connectivity index (χ2v) is 4.97. The maximum absolute atomic E-state index is 11.9. The van der Waals surface area contributed by atoms with Crippen molar-refractivity contribution >= 4 is 29.0 Å². The molecule has 1 saturated heterocycles. The number of halogens is 1. The highest BCUT2D eigenvalue weighted by Gasteiger charge is 2.46. The molecular formula is C9H9ClN2OS. The molecule has 2 aliphatic rings. The van der Waals surface area contributed by atoms with Gasteiger partial charge in [-0.15, -0.1) is 0 Å².